The molecule has 0 saturated carbocycles. The Morgan fingerprint density at radius 2 is 1.27 bits per heavy atom. The van der Waals surface area contributed by atoms with Crippen molar-refractivity contribution in [1.29, 1.82) is 5.26 Å². The number of ether oxygens (including phenoxy) is 1. The van der Waals surface area contributed by atoms with Crippen LogP contribution in [0.15, 0.2) is 165 Å². The van der Waals surface area contributed by atoms with Gasteiger partial charge in [-0.3, -0.25) is 32.2 Å². The minimum Gasteiger partial charge on any atom is -0.493 e. The Bertz CT molecular complexity index is 4770. The molecule has 7 N–H and O–H groups in total. The number of anilines is 2. The van der Waals surface area contributed by atoms with Gasteiger partial charge in [-0.2, -0.15) is 49.2 Å². The average molecular weight is 1320 g/mol. The highest BCUT2D eigenvalue weighted by Gasteiger charge is 2.25. The number of thioether (sulfide) groups is 1. The molecule has 0 saturated heterocycles. The molecule has 0 atom stereocenters. The Morgan fingerprint density at radius 3 is 1.95 bits per heavy atom. The van der Waals surface area contributed by atoms with Crippen LogP contribution >= 0.6 is 23.4 Å². The quantitative estimate of drug-likeness (QED) is 0.0135. The van der Waals surface area contributed by atoms with Crippen LogP contribution in [-0.2, 0) is 45.3 Å². The van der Waals surface area contributed by atoms with Gasteiger partial charge in [0.1, 0.15) is 55.6 Å². The number of imidazole rings is 1. The molecule has 0 aliphatic carbocycles. The van der Waals surface area contributed by atoms with E-state index in [1.807, 2.05) is 0 Å². The Balaban J connectivity index is 1.22. The lowest BCUT2D eigenvalue weighted by molar-refractivity contribution is -0.114. The summed E-state index contributed by atoms with van der Waals surface area (Å²) in [7, 11) is -19.0. The maximum atomic E-state index is 13.6. The summed E-state index contributed by atoms with van der Waals surface area (Å²) >= 11 is 6.93. The lowest BCUT2D eigenvalue weighted by Gasteiger charge is -2.13. The molecule has 0 aliphatic heterocycles. The van der Waals surface area contributed by atoms with E-state index in [-0.39, 0.29) is 109 Å². The number of carbonyl (C=O) groups excluding carboxylic acids is 2. The summed E-state index contributed by atoms with van der Waals surface area (Å²) in [6.07, 6.45) is -0.307. The van der Waals surface area contributed by atoms with E-state index in [1.165, 1.54) is 46.9 Å². The molecule has 0 aliphatic rings. The molecule has 2 heterocycles. The first-order chi connectivity index (χ1) is 41.5. The summed E-state index contributed by atoms with van der Waals surface area (Å²) in [5, 5.41) is 60.4. The van der Waals surface area contributed by atoms with Crippen LogP contribution in [0, 0.1) is 25.2 Å². The van der Waals surface area contributed by atoms with Crippen LogP contribution in [0.25, 0.3) is 16.7 Å². The Morgan fingerprint density at radius 1 is 0.670 bits per heavy atom. The SMILES string of the molecule is CC(=O)Nc1cc(N=Nc2cc(OCCCS(=O)(=O)O)c(N=Nc3c(C)c(C#N)c4nc5ccccc5n4c3O)cc2C)c(SCCCS(=O)(=O)O)cc1N=Nc1cc(NC(=O)c2ccccc2)c(N=Nc2ccc(Cl)c(S(=O)(=O)O)c2)cc1S(=O)(=O)O. The first kappa shape index (κ1) is 65.0. The number of nitrogens with zero attached hydrogens (tertiary/aromatic N) is 11. The molecule has 8 aromatic rings. The second kappa shape index (κ2) is 26.9. The minimum absolute atomic E-state index is 0.00587. The highest BCUT2D eigenvalue weighted by atomic mass is 35.5. The topological polar surface area (TPSA) is 445 Å². The number of fused-ring (bicyclic) bond motifs is 3. The fourth-order valence-corrected chi connectivity index (χ4v) is 11.9. The van der Waals surface area contributed by atoms with E-state index in [0.717, 1.165) is 43.0 Å². The number of rotatable bonds is 23. The molecule has 35 heteroatoms. The van der Waals surface area contributed by atoms with E-state index in [4.69, 9.17) is 16.3 Å². The van der Waals surface area contributed by atoms with E-state index in [9.17, 15) is 71.8 Å². The summed E-state index contributed by atoms with van der Waals surface area (Å²) in [5.74, 6) is -3.21. The van der Waals surface area contributed by atoms with Gasteiger partial charge in [-0.15, -0.1) is 42.4 Å². The maximum Gasteiger partial charge on any atom is 0.296 e. The monoisotopic (exact) mass is 1320 g/mol. The predicted molar refractivity (Wildman–Crippen MR) is 323 cm³/mol. The fraction of sp³-hybridized carbons (Fsp3) is 0.170. The summed E-state index contributed by atoms with van der Waals surface area (Å²) in [6.45, 7) is 3.99. The molecule has 0 spiro atoms. The van der Waals surface area contributed by atoms with Crippen LogP contribution in [0.3, 0.4) is 0 Å². The molecule has 2 amide bonds. The molecular formula is C53H46ClN13O16S5. The molecule has 8 rings (SSSR count). The molecule has 29 nitrogen and oxygen atoms in total. The summed E-state index contributed by atoms with van der Waals surface area (Å²) in [4.78, 5) is 29.3. The van der Waals surface area contributed by atoms with Crippen molar-refractivity contribution < 1.29 is 71.3 Å². The first-order valence-corrected chi connectivity index (χ1v) is 32.7. The van der Waals surface area contributed by atoms with Crippen molar-refractivity contribution in [2.45, 2.75) is 48.3 Å². The van der Waals surface area contributed by atoms with Crippen molar-refractivity contribution in [1.82, 2.24) is 9.38 Å². The zero-order valence-corrected chi connectivity index (χ0v) is 50.5. The number of benzene rings is 6. The van der Waals surface area contributed by atoms with Crippen LogP contribution < -0.4 is 15.4 Å². The standard InChI is InChI=1S/C53H46ClN13O16S5/c1-29-21-42(63-66-50-30(2)34(28-55)51-57-36-13-7-8-14-45(36)67(51)53(50)70)46(83-17-9-19-85(71,72)73)25-37(29)60-64-43-23-38(56-31(3)68)40(26-47(43)84-18-10-20-86(74,75)76)62-65-44-24-39(58-52(69)32-11-5-4-6-12-32)41(27-49(44)88(80,81)82)61-59-33-15-16-35(54)48(22-33)87(77,78)79/h4-8,11-16,21-27,70H,9-10,17-20H2,1-3H3,(H,56,68)(H,58,69)(H,71,72,73)(H,74,75,76)(H,77,78,79)(H,80,81,82). The Labute approximate surface area is 510 Å². The van der Waals surface area contributed by atoms with Gasteiger partial charge in [0.05, 0.1) is 56.9 Å². The second-order valence-corrected chi connectivity index (χ2v) is 26.1. The average Bonchev–Trinajstić information content (AvgIpc) is 1.87. The number of aryl methyl sites for hydroxylation is 1. The number of hydrogen-bond donors (Lipinski definition) is 7. The maximum absolute atomic E-state index is 13.6. The molecule has 0 bridgehead atoms. The number of pyridine rings is 1. The van der Waals surface area contributed by atoms with Crippen molar-refractivity contribution in [2.24, 2.45) is 40.9 Å². The molecule has 0 unspecified atom stereocenters. The Hall–Kier alpha value is -9.02. The van der Waals surface area contributed by atoms with Crippen molar-refractivity contribution in [3.05, 3.63) is 136 Å². The third-order valence-electron chi connectivity index (χ3n) is 12.2. The van der Waals surface area contributed by atoms with Gasteiger partial charge >= 0.3 is 0 Å². The van der Waals surface area contributed by atoms with E-state index in [1.54, 1.807) is 56.3 Å². The van der Waals surface area contributed by atoms with Crippen LogP contribution in [0.5, 0.6) is 11.6 Å². The fourth-order valence-electron chi connectivity index (χ4n) is 8.15. The number of nitriles is 1. The van der Waals surface area contributed by atoms with Crippen molar-refractivity contribution in [2.75, 3.05) is 34.5 Å². The van der Waals surface area contributed by atoms with Gasteiger partial charge in [-0.25, -0.2) is 4.98 Å². The van der Waals surface area contributed by atoms with Gasteiger partial charge in [0.2, 0.25) is 11.8 Å². The smallest absolute Gasteiger partial charge is 0.296 e. The number of aromatic nitrogens is 2. The van der Waals surface area contributed by atoms with Crippen molar-refractivity contribution in [3.8, 4) is 17.7 Å². The highest BCUT2D eigenvalue weighted by molar-refractivity contribution is 7.99. The molecule has 0 radical (unpaired) electrons. The predicted octanol–water partition coefficient (Wildman–Crippen LogP) is 12.7. The number of para-hydroxylation sites is 2. The van der Waals surface area contributed by atoms with E-state index in [2.05, 4.69) is 62.6 Å². The number of halogens is 1. The zero-order valence-electron chi connectivity index (χ0n) is 45.7. The second-order valence-electron chi connectivity index (χ2n) is 18.7. The van der Waals surface area contributed by atoms with E-state index < -0.39 is 90.8 Å². The molecule has 2 aromatic heterocycles. The lowest BCUT2D eigenvalue weighted by Crippen LogP contribution is -2.12. The minimum atomic E-state index is -5.28. The summed E-state index contributed by atoms with van der Waals surface area (Å²) < 4.78 is 143. The van der Waals surface area contributed by atoms with Gasteiger partial charge in [-0.05, 0) is 111 Å². The van der Waals surface area contributed by atoms with E-state index in [0.29, 0.717) is 16.6 Å². The highest BCUT2D eigenvalue weighted by Crippen LogP contribution is 2.45. The van der Waals surface area contributed by atoms with Crippen LogP contribution in [0.2, 0.25) is 5.02 Å². The molecular weight excluding hydrogens is 1270 g/mol. The number of hydrogen-bond acceptors (Lipinski definition) is 23. The molecule has 6 aromatic carbocycles. The number of carbonyl (C=O) groups is 2. The normalized spacial score (nSPS) is 12.5. The lowest BCUT2D eigenvalue weighted by atomic mass is 10.1. The number of amides is 2. The Kier molecular flexibility index (Phi) is 19.9. The zero-order chi connectivity index (χ0) is 63.9. The van der Waals surface area contributed by atoms with Crippen LogP contribution in [0.1, 0.15) is 46.8 Å². The largest absolute Gasteiger partial charge is 0.493 e. The number of aromatic hydroxyl groups is 1. The third kappa shape index (κ3) is 16.3. The van der Waals surface area contributed by atoms with Crippen LogP contribution in [0.4, 0.5) is 56.9 Å². The van der Waals surface area contributed by atoms with Crippen LogP contribution in [-0.4, -0.2) is 102 Å². The third-order valence-corrected chi connectivity index (χ3v) is 17.2. The van der Waals surface area contributed by atoms with Gasteiger partial charge in [-0.1, -0.05) is 41.9 Å². The van der Waals surface area contributed by atoms with E-state index >= 15 is 0 Å². The summed E-state index contributed by atoms with van der Waals surface area (Å²) in [6, 6.07) is 26.9. The van der Waals surface area contributed by atoms with Crippen molar-refractivity contribution >= 4 is 149 Å². The number of nitrogens with one attached hydrogen (secondary N) is 2. The van der Waals surface area contributed by atoms with Gasteiger partial charge in [0, 0.05) is 29.0 Å². The summed E-state index contributed by atoms with van der Waals surface area (Å²) in [5.41, 5.74) is 0.0165. The molecule has 0 fully saturated rings. The number of azo groups is 4. The van der Waals surface area contributed by atoms with Gasteiger partial charge in [0.15, 0.2) is 11.3 Å². The molecule has 88 heavy (non-hydrogen) atoms. The van der Waals surface area contributed by atoms with Crippen molar-refractivity contribution in [3.63, 3.8) is 0 Å². The first-order valence-electron chi connectivity index (χ1n) is 25.2. The molecule has 456 valence electrons. The van der Waals surface area contributed by atoms with Gasteiger partial charge < -0.3 is 20.5 Å². The van der Waals surface area contributed by atoms with Gasteiger partial charge in [0.25, 0.3) is 46.4 Å².